The molecular weight excluding hydrogens is 374 g/mol. The number of hydrogen-bond acceptors (Lipinski definition) is 4. The monoisotopic (exact) mass is 405 g/mol. The number of rotatable bonds is 4. The van der Waals surface area contributed by atoms with Crippen molar-refractivity contribution in [1.29, 1.82) is 0 Å². The van der Waals surface area contributed by atoms with Crippen molar-refractivity contribution in [2.45, 2.75) is 46.1 Å². The van der Waals surface area contributed by atoms with Gasteiger partial charge in [0, 0.05) is 30.2 Å². The Balaban J connectivity index is 1.53. The van der Waals surface area contributed by atoms with Gasteiger partial charge < -0.3 is 10.6 Å². The number of anilines is 1. The predicted molar refractivity (Wildman–Crippen MR) is 110 cm³/mol. The van der Waals surface area contributed by atoms with Crippen LogP contribution in [0.1, 0.15) is 38.7 Å². The Morgan fingerprint density at radius 3 is 2.50 bits per heavy atom. The van der Waals surface area contributed by atoms with Gasteiger partial charge in [-0.25, -0.2) is 8.42 Å². The van der Waals surface area contributed by atoms with Crippen molar-refractivity contribution in [3.05, 3.63) is 29.8 Å². The first-order valence-electron chi connectivity index (χ1n) is 10.2. The minimum Gasteiger partial charge on any atom is -0.327 e. The summed E-state index contributed by atoms with van der Waals surface area (Å²) in [6, 6.07) is 7.63. The molecule has 2 aliphatic carbocycles. The van der Waals surface area contributed by atoms with Gasteiger partial charge >= 0.3 is 0 Å². The Morgan fingerprint density at radius 2 is 1.93 bits per heavy atom. The smallest absolute Gasteiger partial charge is 0.242 e. The number of carbonyl (C=O) groups is 1. The minimum absolute atomic E-state index is 0.0578. The summed E-state index contributed by atoms with van der Waals surface area (Å²) in [7, 11) is -3.56. The lowest BCUT2D eigenvalue weighted by Crippen LogP contribution is -2.56. The van der Waals surface area contributed by atoms with Crippen LogP contribution in [0.3, 0.4) is 0 Å². The van der Waals surface area contributed by atoms with Crippen molar-refractivity contribution in [3.8, 4) is 0 Å². The van der Waals surface area contributed by atoms with Gasteiger partial charge in [0.2, 0.25) is 15.9 Å². The molecule has 1 saturated heterocycles. The molecule has 0 spiro atoms. The summed E-state index contributed by atoms with van der Waals surface area (Å²) >= 11 is 0. The van der Waals surface area contributed by atoms with Gasteiger partial charge in [0.15, 0.2) is 0 Å². The standard InChI is InChI=1S/C21H31N3O3S/c1-15-6-4-5-7-17(15)24-11-10-23(13-19(24)25)28(26,27)14-21-9-8-16(12-18(21)22)20(21,2)3/h4-7,16,18H,8-14,22H2,1-3H3. The van der Waals surface area contributed by atoms with E-state index in [4.69, 9.17) is 5.73 Å². The van der Waals surface area contributed by atoms with Crippen molar-refractivity contribution in [2.24, 2.45) is 22.5 Å². The van der Waals surface area contributed by atoms with Gasteiger partial charge in [-0.05, 0) is 49.1 Å². The number of amides is 1. The van der Waals surface area contributed by atoms with Crippen LogP contribution in [0.4, 0.5) is 5.69 Å². The number of nitrogens with two attached hydrogens (primary N) is 1. The molecule has 6 nitrogen and oxygen atoms in total. The summed E-state index contributed by atoms with van der Waals surface area (Å²) < 4.78 is 28.0. The van der Waals surface area contributed by atoms with Crippen LogP contribution in [0, 0.1) is 23.7 Å². The highest BCUT2D eigenvalue weighted by Crippen LogP contribution is 2.65. The third kappa shape index (κ3) is 2.82. The van der Waals surface area contributed by atoms with E-state index < -0.39 is 10.0 Å². The number of fused-ring (bicyclic) bond motifs is 2. The van der Waals surface area contributed by atoms with E-state index in [1.54, 1.807) is 4.90 Å². The summed E-state index contributed by atoms with van der Waals surface area (Å²) in [5.74, 6) is 0.389. The first-order chi connectivity index (χ1) is 13.1. The highest BCUT2D eigenvalue weighted by atomic mass is 32.2. The molecule has 28 heavy (non-hydrogen) atoms. The highest BCUT2D eigenvalue weighted by Gasteiger charge is 2.64. The molecule has 2 bridgehead atoms. The van der Waals surface area contributed by atoms with Gasteiger partial charge in [-0.2, -0.15) is 4.31 Å². The Hall–Kier alpha value is -1.44. The van der Waals surface area contributed by atoms with E-state index in [1.165, 1.54) is 4.31 Å². The van der Waals surface area contributed by atoms with E-state index in [1.807, 2.05) is 31.2 Å². The Morgan fingerprint density at radius 1 is 1.21 bits per heavy atom. The van der Waals surface area contributed by atoms with Crippen LogP contribution in [0.5, 0.6) is 0 Å². The van der Waals surface area contributed by atoms with Crippen LogP contribution in [-0.2, 0) is 14.8 Å². The normalized spacial score (nSPS) is 32.9. The van der Waals surface area contributed by atoms with Gasteiger partial charge in [-0.3, -0.25) is 4.79 Å². The Labute approximate surface area is 168 Å². The van der Waals surface area contributed by atoms with Gasteiger partial charge in [-0.15, -0.1) is 0 Å². The highest BCUT2D eigenvalue weighted by molar-refractivity contribution is 7.89. The number of sulfonamides is 1. The summed E-state index contributed by atoms with van der Waals surface area (Å²) in [6.45, 7) is 6.94. The summed E-state index contributed by atoms with van der Waals surface area (Å²) in [5.41, 5.74) is 7.87. The zero-order valence-corrected chi connectivity index (χ0v) is 17.8. The number of hydrogen-bond donors (Lipinski definition) is 1. The number of nitrogens with zero attached hydrogens (tertiary/aromatic N) is 2. The van der Waals surface area contributed by atoms with Crippen molar-refractivity contribution >= 4 is 21.6 Å². The number of carbonyl (C=O) groups excluding carboxylic acids is 1. The Kier molecular flexibility index (Phi) is 4.64. The molecule has 0 aromatic heterocycles. The molecular formula is C21H31N3O3S. The minimum atomic E-state index is -3.56. The lowest BCUT2D eigenvalue weighted by atomic mass is 9.69. The molecule has 3 atom stereocenters. The number of aryl methyl sites for hydroxylation is 1. The van der Waals surface area contributed by atoms with Crippen LogP contribution in [0.15, 0.2) is 24.3 Å². The number of benzene rings is 1. The largest absolute Gasteiger partial charge is 0.327 e. The third-order valence-electron chi connectivity index (χ3n) is 7.92. The van der Waals surface area contributed by atoms with E-state index in [2.05, 4.69) is 13.8 Å². The second kappa shape index (κ2) is 6.54. The molecule has 1 aromatic carbocycles. The first kappa shape index (κ1) is 19.9. The maximum absolute atomic E-state index is 13.3. The van der Waals surface area contributed by atoms with Crippen LogP contribution in [-0.4, -0.2) is 50.1 Å². The quantitative estimate of drug-likeness (QED) is 0.832. The van der Waals surface area contributed by atoms with Crippen molar-refractivity contribution in [2.75, 3.05) is 30.3 Å². The molecule has 2 saturated carbocycles. The molecule has 3 aliphatic rings. The molecule has 3 fully saturated rings. The van der Waals surface area contributed by atoms with E-state index in [0.29, 0.717) is 19.0 Å². The maximum Gasteiger partial charge on any atom is 0.242 e. The summed E-state index contributed by atoms with van der Waals surface area (Å²) in [4.78, 5) is 14.5. The van der Waals surface area contributed by atoms with E-state index >= 15 is 0 Å². The Bertz CT molecular complexity index is 898. The fourth-order valence-electron chi connectivity index (χ4n) is 5.92. The average Bonchev–Trinajstić information content (AvgIpc) is 2.96. The van der Waals surface area contributed by atoms with E-state index in [0.717, 1.165) is 30.5 Å². The second-order valence-electron chi connectivity index (χ2n) is 9.38. The SMILES string of the molecule is Cc1ccccc1N1CCN(S(=O)(=O)CC23CCC(CC2N)C3(C)C)CC1=O. The lowest BCUT2D eigenvalue weighted by Gasteiger charge is -2.43. The predicted octanol–water partition coefficient (Wildman–Crippen LogP) is 2.13. The third-order valence-corrected chi connectivity index (χ3v) is 9.89. The molecule has 1 aromatic rings. The lowest BCUT2D eigenvalue weighted by molar-refractivity contribution is -0.120. The van der Waals surface area contributed by atoms with Gasteiger partial charge in [0.05, 0.1) is 12.3 Å². The number of para-hydroxylation sites is 1. The molecule has 0 radical (unpaired) electrons. The van der Waals surface area contributed by atoms with E-state index in [-0.39, 0.29) is 35.1 Å². The molecule has 3 unspecified atom stereocenters. The molecule has 1 aliphatic heterocycles. The van der Waals surface area contributed by atoms with E-state index in [9.17, 15) is 13.2 Å². The second-order valence-corrected chi connectivity index (χ2v) is 11.3. The topological polar surface area (TPSA) is 83.7 Å². The van der Waals surface area contributed by atoms with Crippen molar-refractivity contribution in [1.82, 2.24) is 4.31 Å². The first-order valence-corrected chi connectivity index (χ1v) is 11.8. The maximum atomic E-state index is 13.3. The van der Waals surface area contributed by atoms with Crippen LogP contribution >= 0.6 is 0 Å². The fourth-order valence-corrected chi connectivity index (χ4v) is 8.15. The van der Waals surface area contributed by atoms with Crippen LogP contribution < -0.4 is 10.6 Å². The average molecular weight is 406 g/mol. The zero-order chi connectivity index (χ0) is 20.3. The van der Waals surface area contributed by atoms with Gasteiger partial charge in [0.25, 0.3) is 0 Å². The molecule has 4 rings (SSSR count). The molecule has 1 amide bonds. The van der Waals surface area contributed by atoms with Gasteiger partial charge in [0.1, 0.15) is 0 Å². The van der Waals surface area contributed by atoms with Gasteiger partial charge in [-0.1, -0.05) is 32.0 Å². The molecule has 7 heteroatoms. The fraction of sp³-hybridized carbons (Fsp3) is 0.667. The molecule has 2 N–H and O–H groups in total. The van der Waals surface area contributed by atoms with Crippen molar-refractivity contribution in [3.63, 3.8) is 0 Å². The number of piperazine rings is 1. The van der Waals surface area contributed by atoms with Crippen molar-refractivity contribution < 1.29 is 13.2 Å². The summed E-state index contributed by atoms with van der Waals surface area (Å²) in [5, 5.41) is 0. The molecule has 1 heterocycles. The van der Waals surface area contributed by atoms with Crippen LogP contribution in [0.2, 0.25) is 0 Å². The van der Waals surface area contributed by atoms with Crippen LogP contribution in [0.25, 0.3) is 0 Å². The summed E-state index contributed by atoms with van der Waals surface area (Å²) in [6.07, 6.45) is 2.82. The zero-order valence-electron chi connectivity index (χ0n) is 17.0. The molecule has 154 valence electrons.